The molecule has 2 aliphatic rings. The zero-order valence-electron chi connectivity index (χ0n) is 74.4. The van der Waals surface area contributed by atoms with Crippen molar-refractivity contribution < 1.29 is 108 Å². The average Bonchev–Trinajstić information content (AvgIpc) is 1.59. The summed E-state index contributed by atoms with van der Waals surface area (Å²) in [4.78, 5) is 92.4. The summed E-state index contributed by atoms with van der Waals surface area (Å²) in [5.74, 6) is 0.981. The number of carbonyl (C=O) groups excluding carboxylic acids is 4. The number of aromatic amines is 2. The molecule has 0 saturated heterocycles. The van der Waals surface area contributed by atoms with Crippen molar-refractivity contribution >= 4 is 108 Å². The first-order chi connectivity index (χ1) is 62.4. The van der Waals surface area contributed by atoms with Gasteiger partial charge in [-0.25, -0.2) is 63.6 Å². The third kappa shape index (κ3) is 27.9. The minimum atomic E-state index is -4.33. The minimum absolute atomic E-state index is 0.208. The molecule has 36 nitrogen and oxygen atoms in total. The third-order valence-corrected chi connectivity index (χ3v) is 25.8. The Balaban J connectivity index is 0.843. The molecule has 13 rings (SSSR count). The maximum absolute atomic E-state index is 13.4. The van der Waals surface area contributed by atoms with Gasteiger partial charge in [0.15, 0.2) is 23.3 Å². The van der Waals surface area contributed by atoms with E-state index in [0.29, 0.717) is 257 Å². The molecule has 698 valence electrons. The van der Waals surface area contributed by atoms with Gasteiger partial charge in [-0.05, 0) is 170 Å². The number of ether oxygens (including phenoxy) is 4. The van der Waals surface area contributed by atoms with Crippen LogP contribution in [-0.2, 0) is 40.5 Å². The van der Waals surface area contributed by atoms with Crippen LogP contribution in [0.3, 0.4) is 0 Å². The number of rotatable bonds is 44. The van der Waals surface area contributed by atoms with Crippen molar-refractivity contribution in [3.63, 3.8) is 0 Å². The number of benzene rings is 8. The topological polar surface area (TPSA) is 491 Å². The normalized spacial score (nSPS) is 12.6. The van der Waals surface area contributed by atoms with E-state index in [2.05, 4.69) is 31.2 Å². The highest BCUT2D eigenvalue weighted by molar-refractivity contribution is 7.86. The van der Waals surface area contributed by atoms with E-state index in [0.717, 1.165) is 0 Å². The van der Waals surface area contributed by atoms with Crippen molar-refractivity contribution in [2.75, 3.05) is 158 Å². The zero-order valence-corrected chi connectivity index (χ0v) is 77.7. The van der Waals surface area contributed by atoms with Crippen LogP contribution in [0.1, 0.15) is 92.8 Å². The number of H-pyrrole nitrogens is 2. The molecule has 0 unspecified atom stereocenters. The van der Waals surface area contributed by atoms with E-state index in [9.17, 15) is 71.1 Å². The van der Waals surface area contributed by atoms with E-state index in [4.69, 9.17) is 48.9 Å². The van der Waals surface area contributed by atoms with Gasteiger partial charge in [0.2, 0.25) is 0 Å². The number of carbonyl (C=O) groups is 4. The molecule has 8 aromatic carbocycles. The molecule has 40 heteroatoms. The maximum Gasteiger partial charge on any atom is 0.251 e. The van der Waals surface area contributed by atoms with Gasteiger partial charge in [-0.15, -0.1) is 0 Å². The van der Waals surface area contributed by atoms with Crippen LogP contribution < -0.4 is 40.2 Å². The van der Waals surface area contributed by atoms with E-state index in [1.54, 1.807) is 146 Å². The van der Waals surface area contributed by atoms with Crippen LogP contribution in [0.4, 0.5) is 0 Å². The number of aromatic nitrogens is 8. The quantitative estimate of drug-likeness (QED) is 0.0117. The molecular weight excluding hydrogens is 1780 g/mol. The van der Waals surface area contributed by atoms with E-state index in [1.807, 2.05) is 80.6 Å². The molecule has 5 heterocycles. The average molecular weight is 1880 g/mol. The van der Waals surface area contributed by atoms with Gasteiger partial charge in [0.05, 0.1) is 149 Å². The van der Waals surface area contributed by atoms with Crippen molar-refractivity contribution in [2.24, 2.45) is 0 Å². The van der Waals surface area contributed by atoms with E-state index in [1.165, 1.54) is 0 Å². The molecule has 6 N–H and O–H groups in total. The summed E-state index contributed by atoms with van der Waals surface area (Å²) in [6.07, 6.45) is 3.29. The van der Waals surface area contributed by atoms with E-state index < -0.39 is 63.5 Å². The molecule has 0 aliphatic carbocycles. The Bertz CT molecular complexity index is 6380. The van der Waals surface area contributed by atoms with Crippen LogP contribution in [0.2, 0.25) is 0 Å². The standard InChI is InChI=1S/C92H106N16O20S4/c1-105(2,49-13-53-129(113,114)115)45-9-41-93-89(109)61-17-25-65(26-18-61)125-69-33-37-73-77(57-69)85-97-81(73)102-86-79-59-71(127-67-29-21-63(22-30-67)91(111)95-43-11-47-107(5,6)51-15-55-131(119,120)121)35-39-75(79)83(99-86)104-88-80-60-72(128-68-31-23-64(24-32-68)92(112)96-44-12-48-108(7,8)52-16-56-132(122,123)124)36-40-76(80)84(100-88)103-87-78-58-70(34-38-74(78)82(98-87)101-85)126-66-27-19-62(20-28-66)90(110)94-42-10-46-106(3,4)50-14-54-130(116,117)118/h17-40,57-60H,9-16,41-56H2,1-8H3,(H6-4,93,94,95,96,97,98,99,100,101,102,103,104,109,110,111,112,113,114,115,116,117,118,119,120,121,122,123,124). The highest BCUT2D eigenvalue weighted by Crippen LogP contribution is 2.42. The molecule has 132 heavy (non-hydrogen) atoms. The number of nitrogens with zero attached hydrogens (tertiary/aromatic N) is 10. The molecule has 0 spiro atoms. The van der Waals surface area contributed by atoms with Crippen LogP contribution in [-0.4, -0.2) is 291 Å². The number of nitrogens with one attached hydrogen (secondary N) is 6. The lowest BCUT2D eigenvalue weighted by atomic mass is 10.1. The largest absolute Gasteiger partial charge is 0.748 e. The van der Waals surface area contributed by atoms with Crippen molar-refractivity contribution in [2.45, 2.75) is 51.4 Å². The fraction of sp³-hybridized carbons (Fsp3) is 0.348. The first kappa shape index (κ1) is 97.2. The molecule has 3 aromatic heterocycles. The highest BCUT2D eigenvalue weighted by Gasteiger charge is 2.28. The summed E-state index contributed by atoms with van der Waals surface area (Å²) in [6, 6.07) is 48.0. The highest BCUT2D eigenvalue weighted by atomic mass is 32.2. The van der Waals surface area contributed by atoms with Crippen LogP contribution in [0, 0.1) is 0 Å². The van der Waals surface area contributed by atoms with Gasteiger partial charge >= 0.3 is 0 Å². The molecule has 11 aromatic rings. The molecular formula is C92H106N16O20S4. The van der Waals surface area contributed by atoms with Crippen LogP contribution >= 0.6 is 0 Å². The molecule has 0 fully saturated rings. The lowest BCUT2D eigenvalue weighted by Crippen LogP contribution is -2.43. The van der Waals surface area contributed by atoms with Crippen molar-refractivity contribution in [3.8, 4) is 91.5 Å². The Morgan fingerprint density at radius 1 is 0.273 bits per heavy atom. The maximum atomic E-state index is 13.4. The van der Waals surface area contributed by atoms with Gasteiger partial charge in [-0.2, -0.15) is 0 Å². The van der Waals surface area contributed by atoms with Crippen LogP contribution in [0.25, 0.3) is 89.7 Å². The Labute approximate surface area is 765 Å². The molecule has 2 aliphatic heterocycles. The van der Waals surface area contributed by atoms with E-state index in [-0.39, 0.29) is 72.6 Å². The number of hydrogen-bond acceptors (Lipinski definition) is 26. The summed E-state index contributed by atoms with van der Waals surface area (Å²) >= 11 is 0. The van der Waals surface area contributed by atoms with Crippen LogP contribution in [0.15, 0.2) is 170 Å². The lowest BCUT2D eigenvalue weighted by Gasteiger charge is -2.30. The number of quaternary nitrogens is 4. The van der Waals surface area contributed by atoms with Crippen molar-refractivity contribution in [3.05, 3.63) is 192 Å². The second-order valence-electron chi connectivity index (χ2n) is 35.4. The first-order valence-electron chi connectivity index (χ1n) is 43.0. The predicted octanol–water partition coefficient (Wildman–Crippen LogP) is 10.6. The van der Waals surface area contributed by atoms with E-state index >= 15 is 0 Å². The second kappa shape index (κ2) is 41.2. The Morgan fingerprint density at radius 3 is 0.735 bits per heavy atom. The molecule has 8 bridgehead atoms. The summed E-state index contributed by atoms with van der Waals surface area (Å²) < 4.78 is 163. The van der Waals surface area contributed by atoms with Gasteiger partial charge in [-0.1, -0.05) is 0 Å². The second-order valence-corrected chi connectivity index (χ2v) is 41.5. The fourth-order valence-electron chi connectivity index (χ4n) is 15.6. The zero-order chi connectivity index (χ0) is 94.6. The van der Waals surface area contributed by atoms with Gasteiger partial charge in [0.1, 0.15) is 68.6 Å². The smallest absolute Gasteiger partial charge is 0.251 e. The summed E-state index contributed by atoms with van der Waals surface area (Å²) in [5.41, 5.74) is 4.85. The summed E-state index contributed by atoms with van der Waals surface area (Å²) in [7, 11) is -1.83. The van der Waals surface area contributed by atoms with Gasteiger partial charge in [0, 0.05) is 167 Å². The van der Waals surface area contributed by atoms with Crippen molar-refractivity contribution in [1.29, 1.82) is 0 Å². The number of fused-ring (bicyclic) bond motifs is 20. The Morgan fingerprint density at radius 2 is 0.485 bits per heavy atom. The monoisotopic (exact) mass is 1880 g/mol. The van der Waals surface area contributed by atoms with Crippen molar-refractivity contribution in [1.82, 2.24) is 61.1 Å². The summed E-state index contributed by atoms with van der Waals surface area (Å²) in [6.45, 7) is 5.82. The summed E-state index contributed by atoms with van der Waals surface area (Å²) in [5, 5.41) is 14.0. The third-order valence-electron chi connectivity index (χ3n) is 22.7. The van der Waals surface area contributed by atoms with Gasteiger partial charge in [0.25, 0.3) is 23.6 Å². The molecule has 0 saturated carbocycles. The minimum Gasteiger partial charge on any atom is -0.748 e. The molecule has 0 atom stereocenters. The first-order valence-corrected chi connectivity index (χ1v) is 49.4. The number of hydrogen-bond donors (Lipinski definition) is 6. The molecule has 0 radical (unpaired) electrons. The SMILES string of the molecule is C[N+](C)(CCCNC(=O)c1ccc(Oc2ccc3c(c2)-c2nc-3nc3[nH]c(nc4nc(nc5[nH]c(n2)c2ccc(Oc6ccc(C(=O)NCCC[N+](C)(C)CCCS(=O)(=O)[O-])cc6)cc52)-c2ccc(Oc5ccc(C(=O)NCCC[N+](C)(C)CCCS(=O)(=O)[O-])cc5)cc2-4)c2ccc(Oc4ccc(C(=O)NCCC[N+](C)(C)CCCS(=O)(=O)[O-])cc4)cc32)cc1)CCCS(=O)(=O)[O-]. The molecule has 4 amide bonds. The fourth-order valence-corrected chi connectivity index (χ4v) is 17.5. The van der Waals surface area contributed by atoms with Gasteiger partial charge in [-0.3, -0.25) is 19.2 Å². The lowest BCUT2D eigenvalue weighted by molar-refractivity contribution is -0.890. The Hall–Kier alpha value is -12.3. The number of amides is 4. The predicted molar refractivity (Wildman–Crippen MR) is 494 cm³/mol. The van der Waals surface area contributed by atoms with Crippen LogP contribution in [0.5, 0.6) is 46.0 Å². The van der Waals surface area contributed by atoms with Gasteiger partial charge < -0.3 is 86.3 Å². The Kier molecular flexibility index (Phi) is 30.4.